The Morgan fingerprint density at radius 2 is 1.83 bits per heavy atom. The summed E-state index contributed by atoms with van der Waals surface area (Å²) in [5.74, 6) is -1.38. The van der Waals surface area contributed by atoms with Crippen molar-refractivity contribution < 1.29 is 18.7 Å². The number of hydrogen-bond donors (Lipinski definition) is 1. The Bertz CT molecular complexity index is 1120. The number of aromatic nitrogens is 1. The van der Waals surface area contributed by atoms with Crippen LogP contribution in [-0.2, 0) is 16.0 Å². The predicted molar refractivity (Wildman–Crippen MR) is 107 cm³/mol. The SMILES string of the molecule is COC(=O)Cc1cccc(NC(=O)c2c(C)ccn(-c3ccc(F)cc3)c2=O)c1. The number of hydrogen-bond acceptors (Lipinski definition) is 4. The van der Waals surface area contributed by atoms with Crippen LogP contribution in [0.4, 0.5) is 10.1 Å². The molecule has 0 bridgehead atoms. The van der Waals surface area contributed by atoms with E-state index in [9.17, 15) is 18.8 Å². The Balaban J connectivity index is 1.91. The minimum atomic E-state index is -0.570. The molecule has 0 aliphatic heterocycles. The third-order valence-electron chi connectivity index (χ3n) is 4.39. The molecule has 2 aromatic carbocycles. The Labute approximate surface area is 166 Å². The van der Waals surface area contributed by atoms with Crippen molar-refractivity contribution in [1.82, 2.24) is 4.57 Å². The van der Waals surface area contributed by atoms with Crippen LogP contribution < -0.4 is 10.9 Å². The van der Waals surface area contributed by atoms with E-state index in [-0.39, 0.29) is 12.0 Å². The van der Waals surface area contributed by atoms with Gasteiger partial charge in [0.15, 0.2) is 0 Å². The highest BCUT2D eigenvalue weighted by Crippen LogP contribution is 2.15. The second kappa shape index (κ2) is 8.52. The van der Waals surface area contributed by atoms with Crippen molar-refractivity contribution in [2.75, 3.05) is 12.4 Å². The molecule has 148 valence electrons. The number of rotatable bonds is 5. The van der Waals surface area contributed by atoms with Crippen LogP contribution in [0.1, 0.15) is 21.5 Å². The van der Waals surface area contributed by atoms with Gasteiger partial charge in [-0.3, -0.25) is 19.0 Å². The van der Waals surface area contributed by atoms with Gasteiger partial charge in [0.25, 0.3) is 11.5 Å². The number of halogens is 1. The van der Waals surface area contributed by atoms with Crippen LogP contribution in [-0.4, -0.2) is 23.6 Å². The van der Waals surface area contributed by atoms with Gasteiger partial charge in [0, 0.05) is 17.6 Å². The number of pyridine rings is 1. The molecule has 6 nitrogen and oxygen atoms in total. The van der Waals surface area contributed by atoms with Crippen LogP contribution in [0, 0.1) is 12.7 Å². The second-order valence-electron chi connectivity index (χ2n) is 6.43. The Morgan fingerprint density at radius 1 is 1.10 bits per heavy atom. The molecule has 0 saturated heterocycles. The van der Waals surface area contributed by atoms with E-state index in [2.05, 4.69) is 10.1 Å². The fourth-order valence-electron chi connectivity index (χ4n) is 2.90. The van der Waals surface area contributed by atoms with Gasteiger partial charge in [0.05, 0.1) is 13.5 Å². The largest absolute Gasteiger partial charge is 0.469 e. The van der Waals surface area contributed by atoms with E-state index in [1.54, 1.807) is 43.5 Å². The number of nitrogens with one attached hydrogen (secondary N) is 1. The zero-order valence-electron chi connectivity index (χ0n) is 15.9. The zero-order valence-corrected chi connectivity index (χ0v) is 15.9. The number of ether oxygens (including phenoxy) is 1. The highest BCUT2D eigenvalue weighted by molar-refractivity contribution is 6.05. The Morgan fingerprint density at radius 3 is 2.52 bits per heavy atom. The van der Waals surface area contributed by atoms with Gasteiger partial charge < -0.3 is 10.1 Å². The fourth-order valence-corrected chi connectivity index (χ4v) is 2.90. The Kier molecular flexibility index (Phi) is 5.87. The molecule has 0 aliphatic carbocycles. The second-order valence-corrected chi connectivity index (χ2v) is 6.43. The van der Waals surface area contributed by atoms with Gasteiger partial charge in [-0.25, -0.2) is 4.39 Å². The monoisotopic (exact) mass is 394 g/mol. The molecule has 1 N–H and O–H groups in total. The van der Waals surface area contributed by atoms with Gasteiger partial charge in [-0.05, 0) is 60.5 Å². The molecule has 0 atom stereocenters. The maximum atomic E-state index is 13.2. The third-order valence-corrected chi connectivity index (χ3v) is 4.39. The van der Waals surface area contributed by atoms with Crippen LogP contribution in [0.2, 0.25) is 0 Å². The average molecular weight is 394 g/mol. The van der Waals surface area contributed by atoms with Crippen molar-refractivity contribution in [1.29, 1.82) is 0 Å². The number of nitrogens with zero attached hydrogens (tertiary/aromatic N) is 1. The third kappa shape index (κ3) is 4.57. The summed E-state index contributed by atoms with van der Waals surface area (Å²) in [4.78, 5) is 37.2. The lowest BCUT2D eigenvalue weighted by Gasteiger charge is -2.12. The maximum Gasteiger partial charge on any atom is 0.309 e. The molecular formula is C22H19FN2O4. The number of aryl methyl sites for hydroxylation is 1. The van der Waals surface area contributed by atoms with Gasteiger partial charge in [-0.15, -0.1) is 0 Å². The van der Waals surface area contributed by atoms with E-state index in [1.807, 2.05) is 0 Å². The molecule has 0 fully saturated rings. The van der Waals surface area contributed by atoms with Crippen LogP contribution in [0.25, 0.3) is 5.69 Å². The number of carbonyl (C=O) groups excluding carboxylic acids is 2. The topological polar surface area (TPSA) is 77.4 Å². The van der Waals surface area contributed by atoms with Gasteiger partial charge in [-0.2, -0.15) is 0 Å². The molecule has 0 spiro atoms. The zero-order chi connectivity index (χ0) is 21.0. The van der Waals surface area contributed by atoms with Crippen molar-refractivity contribution in [3.8, 4) is 5.69 Å². The summed E-state index contributed by atoms with van der Waals surface area (Å²) in [6, 6.07) is 13.8. The predicted octanol–water partition coefficient (Wildman–Crippen LogP) is 3.25. The van der Waals surface area contributed by atoms with E-state index < -0.39 is 23.3 Å². The van der Waals surface area contributed by atoms with Gasteiger partial charge in [0.1, 0.15) is 11.4 Å². The number of anilines is 1. The van der Waals surface area contributed by atoms with E-state index in [1.165, 1.54) is 35.9 Å². The lowest BCUT2D eigenvalue weighted by molar-refractivity contribution is -0.139. The fraction of sp³-hybridized carbons (Fsp3) is 0.136. The molecule has 0 saturated carbocycles. The van der Waals surface area contributed by atoms with Crippen molar-refractivity contribution in [3.63, 3.8) is 0 Å². The lowest BCUT2D eigenvalue weighted by Crippen LogP contribution is -2.29. The average Bonchev–Trinajstić information content (AvgIpc) is 2.69. The van der Waals surface area contributed by atoms with Crippen LogP contribution in [0.3, 0.4) is 0 Å². The van der Waals surface area contributed by atoms with Crippen LogP contribution >= 0.6 is 0 Å². The summed E-state index contributed by atoms with van der Waals surface area (Å²) in [5.41, 5.74) is 1.55. The summed E-state index contributed by atoms with van der Waals surface area (Å²) in [6.07, 6.45) is 1.61. The van der Waals surface area contributed by atoms with Crippen LogP contribution in [0.5, 0.6) is 0 Å². The highest BCUT2D eigenvalue weighted by Gasteiger charge is 2.17. The molecule has 0 aliphatic rings. The number of methoxy groups -OCH3 is 1. The Hall–Kier alpha value is -3.74. The van der Waals surface area contributed by atoms with Gasteiger partial charge in [0.2, 0.25) is 0 Å². The first-order valence-corrected chi connectivity index (χ1v) is 8.84. The molecule has 1 heterocycles. The summed E-state index contributed by atoms with van der Waals surface area (Å²) in [6.45, 7) is 1.67. The van der Waals surface area contributed by atoms with Crippen molar-refractivity contribution in [3.05, 3.63) is 93.7 Å². The minimum Gasteiger partial charge on any atom is -0.469 e. The first kappa shape index (κ1) is 20.0. The molecular weight excluding hydrogens is 375 g/mol. The standard InChI is InChI=1S/C22H19FN2O4/c1-14-10-11-25(18-8-6-16(23)7-9-18)22(28)20(14)21(27)24-17-5-3-4-15(12-17)13-19(26)29-2/h3-12H,13H2,1-2H3,(H,24,27). The van der Waals surface area contributed by atoms with E-state index in [0.717, 1.165) is 0 Å². The molecule has 0 unspecified atom stereocenters. The molecule has 29 heavy (non-hydrogen) atoms. The molecule has 3 aromatic rings. The van der Waals surface area contributed by atoms with Gasteiger partial charge >= 0.3 is 5.97 Å². The van der Waals surface area contributed by atoms with E-state index in [4.69, 9.17) is 0 Å². The van der Waals surface area contributed by atoms with Gasteiger partial charge in [-0.1, -0.05) is 12.1 Å². The number of esters is 1. The molecule has 7 heteroatoms. The first-order valence-electron chi connectivity index (χ1n) is 8.84. The number of benzene rings is 2. The molecule has 3 rings (SSSR count). The quantitative estimate of drug-likeness (QED) is 0.674. The lowest BCUT2D eigenvalue weighted by atomic mass is 10.1. The van der Waals surface area contributed by atoms with E-state index in [0.29, 0.717) is 22.5 Å². The molecule has 1 amide bonds. The normalized spacial score (nSPS) is 10.4. The number of amides is 1. The minimum absolute atomic E-state index is 0.0183. The summed E-state index contributed by atoms with van der Waals surface area (Å²) < 4.78 is 19.1. The smallest absolute Gasteiger partial charge is 0.309 e. The first-order chi connectivity index (χ1) is 13.9. The highest BCUT2D eigenvalue weighted by atomic mass is 19.1. The maximum absolute atomic E-state index is 13.2. The van der Waals surface area contributed by atoms with Crippen molar-refractivity contribution in [2.45, 2.75) is 13.3 Å². The molecule has 0 radical (unpaired) electrons. The molecule has 1 aromatic heterocycles. The van der Waals surface area contributed by atoms with Crippen molar-refractivity contribution >= 4 is 17.6 Å². The van der Waals surface area contributed by atoms with E-state index >= 15 is 0 Å². The van der Waals surface area contributed by atoms with Crippen LogP contribution in [0.15, 0.2) is 65.6 Å². The summed E-state index contributed by atoms with van der Waals surface area (Å²) in [5, 5.41) is 2.69. The van der Waals surface area contributed by atoms with Crippen molar-refractivity contribution in [2.24, 2.45) is 0 Å². The summed E-state index contributed by atoms with van der Waals surface area (Å²) in [7, 11) is 1.30. The number of carbonyl (C=O) groups is 2. The summed E-state index contributed by atoms with van der Waals surface area (Å²) >= 11 is 0.